The van der Waals surface area contributed by atoms with Crippen molar-refractivity contribution in [2.24, 2.45) is 13.0 Å². The molecule has 0 fully saturated rings. The summed E-state index contributed by atoms with van der Waals surface area (Å²) in [6, 6.07) is 8.48. The van der Waals surface area contributed by atoms with Crippen LogP contribution in [-0.4, -0.2) is 27.2 Å². The SMILES string of the molecule is CC(=O)NC(C(=O)Nc1c(C)n(C)n(-c2ccccc2)c1=O)C(C)C. The van der Waals surface area contributed by atoms with Gasteiger partial charge in [-0.25, -0.2) is 4.68 Å². The third-order valence-corrected chi connectivity index (χ3v) is 4.11. The van der Waals surface area contributed by atoms with Crippen LogP contribution in [0.5, 0.6) is 0 Å². The van der Waals surface area contributed by atoms with Gasteiger partial charge in [-0.15, -0.1) is 0 Å². The Balaban J connectivity index is 2.39. The van der Waals surface area contributed by atoms with Crippen molar-refractivity contribution in [3.05, 3.63) is 46.4 Å². The van der Waals surface area contributed by atoms with Gasteiger partial charge in [0.15, 0.2) is 0 Å². The molecule has 0 bridgehead atoms. The van der Waals surface area contributed by atoms with Gasteiger partial charge in [0.05, 0.1) is 11.4 Å². The maximum Gasteiger partial charge on any atom is 0.295 e. The van der Waals surface area contributed by atoms with E-state index in [1.807, 2.05) is 44.2 Å². The molecule has 7 nitrogen and oxygen atoms in total. The predicted octanol–water partition coefficient (Wildman–Crippen LogP) is 1.58. The van der Waals surface area contributed by atoms with Gasteiger partial charge < -0.3 is 10.6 Å². The minimum atomic E-state index is -0.707. The third kappa shape index (κ3) is 3.81. The number of amides is 2. The molecule has 0 saturated carbocycles. The molecule has 0 radical (unpaired) electrons. The summed E-state index contributed by atoms with van der Waals surface area (Å²) >= 11 is 0. The average molecular weight is 344 g/mol. The van der Waals surface area contributed by atoms with Crippen molar-refractivity contribution in [2.45, 2.75) is 33.7 Å². The van der Waals surface area contributed by atoms with Gasteiger partial charge in [0.1, 0.15) is 11.7 Å². The Labute approximate surface area is 146 Å². The summed E-state index contributed by atoms with van der Waals surface area (Å²) in [5.41, 5.74) is 1.24. The predicted molar refractivity (Wildman–Crippen MR) is 96.8 cm³/mol. The molecule has 0 saturated heterocycles. The molecule has 1 unspecified atom stereocenters. The van der Waals surface area contributed by atoms with Crippen molar-refractivity contribution in [2.75, 3.05) is 5.32 Å². The van der Waals surface area contributed by atoms with E-state index in [9.17, 15) is 14.4 Å². The van der Waals surface area contributed by atoms with Crippen molar-refractivity contribution in [3.63, 3.8) is 0 Å². The number of rotatable bonds is 5. The molecule has 2 N–H and O–H groups in total. The number of aromatic nitrogens is 2. The van der Waals surface area contributed by atoms with E-state index in [0.29, 0.717) is 11.4 Å². The monoisotopic (exact) mass is 344 g/mol. The second kappa shape index (κ2) is 7.38. The lowest BCUT2D eigenvalue weighted by atomic mass is 10.0. The van der Waals surface area contributed by atoms with Crippen molar-refractivity contribution in [3.8, 4) is 5.69 Å². The summed E-state index contributed by atoms with van der Waals surface area (Å²) < 4.78 is 3.18. The van der Waals surface area contributed by atoms with Gasteiger partial charge in [-0.1, -0.05) is 32.0 Å². The van der Waals surface area contributed by atoms with Gasteiger partial charge in [-0.05, 0) is 25.0 Å². The zero-order chi connectivity index (χ0) is 18.7. The highest BCUT2D eigenvalue weighted by atomic mass is 16.2. The van der Waals surface area contributed by atoms with Crippen molar-refractivity contribution >= 4 is 17.5 Å². The van der Waals surface area contributed by atoms with Gasteiger partial charge in [-0.2, -0.15) is 0 Å². The zero-order valence-corrected chi connectivity index (χ0v) is 15.2. The molecule has 25 heavy (non-hydrogen) atoms. The summed E-state index contributed by atoms with van der Waals surface area (Å²) in [7, 11) is 1.76. The molecule has 0 spiro atoms. The maximum atomic E-state index is 12.8. The topological polar surface area (TPSA) is 85.1 Å². The molecule has 1 aromatic carbocycles. The summed E-state index contributed by atoms with van der Waals surface area (Å²) in [4.78, 5) is 36.7. The first-order valence-electron chi connectivity index (χ1n) is 8.16. The average Bonchev–Trinajstić information content (AvgIpc) is 2.76. The summed E-state index contributed by atoms with van der Waals surface area (Å²) in [6.07, 6.45) is 0. The van der Waals surface area contributed by atoms with Crippen LogP contribution in [0.15, 0.2) is 35.1 Å². The van der Waals surface area contributed by atoms with E-state index in [1.165, 1.54) is 11.6 Å². The third-order valence-electron chi connectivity index (χ3n) is 4.11. The Bertz CT molecular complexity index is 834. The van der Waals surface area contributed by atoms with Gasteiger partial charge >= 0.3 is 0 Å². The molecule has 2 amide bonds. The summed E-state index contributed by atoms with van der Waals surface area (Å²) in [6.45, 7) is 6.79. The molecule has 134 valence electrons. The number of carbonyl (C=O) groups excluding carboxylic acids is 2. The Kier molecular flexibility index (Phi) is 5.46. The first-order chi connectivity index (χ1) is 11.7. The van der Waals surface area contributed by atoms with E-state index in [-0.39, 0.29) is 23.1 Å². The maximum absolute atomic E-state index is 12.8. The van der Waals surface area contributed by atoms with Crippen molar-refractivity contribution < 1.29 is 9.59 Å². The van der Waals surface area contributed by atoms with Crippen LogP contribution in [0.25, 0.3) is 5.69 Å². The van der Waals surface area contributed by atoms with E-state index in [2.05, 4.69) is 10.6 Å². The Morgan fingerprint density at radius 3 is 2.24 bits per heavy atom. The largest absolute Gasteiger partial charge is 0.344 e. The van der Waals surface area contributed by atoms with Gasteiger partial charge in [0.2, 0.25) is 11.8 Å². The number of nitrogens with zero attached hydrogens (tertiary/aromatic N) is 2. The Morgan fingerprint density at radius 1 is 1.12 bits per heavy atom. The number of carbonyl (C=O) groups is 2. The van der Waals surface area contributed by atoms with Gasteiger partial charge in [-0.3, -0.25) is 19.1 Å². The molecular weight excluding hydrogens is 320 g/mol. The van der Waals surface area contributed by atoms with Crippen molar-refractivity contribution in [1.29, 1.82) is 0 Å². The molecule has 0 aliphatic rings. The van der Waals surface area contributed by atoms with Crippen LogP contribution in [0.3, 0.4) is 0 Å². The number of anilines is 1. The quantitative estimate of drug-likeness (QED) is 0.864. The van der Waals surface area contributed by atoms with Gasteiger partial charge in [0, 0.05) is 14.0 Å². The molecule has 2 rings (SSSR count). The molecular formula is C18H24N4O3. The highest BCUT2D eigenvalue weighted by Crippen LogP contribution is 2.15. The lowest BCUT2D eigenvalue weighted by Crippen LogP contribution is -2.46. The smallest absolute Gasteiger partial charge is 0.295 e. The van der Waals surface area contributed by atoms with Crippen LogP contribution < -0.4 is 16.2 Å². The van der Waals surface area contributed by atoms with E-state index < -0.39 is 11.9 Å². The summed E-state index contributed by atoms with van der Waals surface area (Å²) in [5.74, 6) is -0.805. The molecule has 1 aromatic heterocycles. The van der Waals surface area contributed by atoms with E-state index >= 15 is 0 Å². The highest BCUT2D eigenvalue weighted by Gasteiger charge is 2.26. The van der Waals surface area contributed by atoms with E-state index in [4.69, 9.17) is 0 Å². The molecule has 2 aromatic rings. The van der Waals surface area contributed by atoms with E-state index in [1.54, 1.807) is 18.7 Å². The molecule has 1 atom stereocenters. The number of benzene rings is 1. The Hall–Kier alpha value is -2.83. The fraction of sp³-hybridized carbons (Fsp3) is 0.389. The first kappa shape index (κ1) is 18.5. The second-order valence-electron chi connectivity index (χ2n) is 6.35. The number of para-hydroxylation sites is 1. The second-order valence-corrected chi connectivity index (χ2v) is 6.35. The van der Waals surface area contributed by atoms with E-state index in [0.717, 1.165) is 0 Å². The zero-order valence-electron chi connectivity index (χ0n) is 15.2. The van der Waals surface area contributed by atoms with Crippen LogP contribution in [0.2, 0.25) is 0 Å². The molecule has 0 aliphatic heterocycles. The number of hydrogen-bond donors (Lipinski definition) is 2. The normalized spacial score (nSPS) is 12.1. The van der Waals surface area contributed by atoms with Crippen LogP contribution in [-0.2, 0) is 16.6 Å². The first-order valence-corrected chi connectivity index (χ1v) is 8.16. The lowest BCUT2D eigenvalue weighted by molar-refractivity contribution is -0.126. The number of hydrogen-bond acceptors (Lipinski definition) is 3. The fourth-order valence-corrected chi connectivity index (χ4v) is 2.67. The van der Waals surface area contributed by atoms with Crippen LogP contribution in [0.1, 0.15) is 26.5 Å². The molecule has 7 heteroatoms. The number of nitrogens with one attached hydrogen (secondary N) is 2. The van der Waals surface area contributed by atoms with Crippen LogP contribution in [0, 0.1) is 12.8 Å². The van der Waals surface area contributed by atoms with Gasteiger partial charge in [0.25, 0.3) is 5.56 Å². The minimum Gasteiger partial charge on any atom is -0.344 e. The minimum absolute atomic E-state index is 0.107. The highest BCUT2D eigenvalue weighted by molar-refractivity contribution is 5.97. The fourth-order valence-electron chi connectivity index (χ4n) is 2.67. The molecule has 1 heterocycles. The lowest BCUT2D eigenvalue weighted by Gasteiger charge is -2.20. The van der Waals surface area contributed by atoms with Crippen LogP contribution >= 0.6 is 0 Å². The van der Waals surface area contributed by atoms with Crippen LogP contribution in [0.4, 0.5) is 5.69 Å². The summed E-state index contributed by atoms with van der Waals surface area (Å²) in [5, 5.41) is 5.31. The van der Waals surface area contributed by atoms with Crippen molar-refractivity contribution in [1.82, 2.24) is 14.7 Å². The molecule has 0 aliphatic carbocycles. The Morgan fingerprint density at radius 2 is 1.72 bits per heavy atom. The standard InChI is InChI=1S/C18H24N4O3/c1-11(2)15(19-13(4)23)17(24)20-16-12(3)21(5)22(18(16)25)14-9-7-6-8-10-14/h6-11,15H,1-5H3,(H,19,23)(H,20,24).